The number of amides is 1. The van der Waals surface area contributed by atoms with Crippen LogP contribution >= 0.6 is 0 Å². The molecule has 2 heterocycles. The zero-order valence-electron chi connectivity index (χ0n) is 12.2. The van der Waals surface area contributed by atoms with Gasteiger partial charge in [0.2, 0.25) is 0 Å². The molecule has 0 aromatic carbocycles. The molecule has 1 amide bonds. The van der Waals surface area contributed by atoms with Crippen molar-refractivity contribution >= 4 is 11.7 Å². The molecule has 0 radical (unpaired) electrons. The fourth-order valence-electron chi connectivity index (χ4n) is 2.45. The van der Waals surface area contributed by atoms with Crippen molar-refractivity contribution in [2.45, 2.75) is 32.7 Å². The molecule has 0 aliphatic carbocycles. The molecule has 110 valence electrons. The second kappa shape index (κ2) is 7.19. The lowest BCUT2D eigenvalue weighted by Gasteiger charge is -2.32. The monoisotopic (exact) mass is 277 g/mol. The maximum Gasteiger partial charge on any atom is 0.271 e. The Morgan fingerprint density at radius 1 is 1.40 bits per heavy atom. The first kappa shape index (κ1) is 14.7. The van der Waals surface area contributed by atoms with Crippen molar-refractivity contribution < 1.29 is 4.79 Å². The van der Waals surface area contributed by atoms with Gasteiger partial charge in [-0.1, -0.05) is 6.92 Å². The lowest BCUT2D eigenvalue weighted by molar-refractivity contribution is 0.0950. The Labute approximate surface area is 120 Å². The van der Waals surface area contributed by atoms with Gasteiger partial charge in [0.15, 0.2) is 5.69 Å². The van der Waals surface area contributed by atoms with Gasteiger partial charge in [-0.25, -0.2) is 0 Å². The molecule has 1 aliphatic heterocycles. The summed E-state index contributed by atoms with van der Waals surface area (Å²) >= 11 is 0. The summed E-state index contributed by atoms with van der Waals surface area (Å²) in [7, 11) is 0. The Bertz CT molecular complexity index is 434. The second-order valence-corrected chi connectivity index (χ2v) is 5.04. The Hall–Kier alpha value is -1.69. The van der Waals surface area contributed by atoms with Gasteiger partial charge in [0, 0.05) is 19.1 Å². The van der Waals surface area contributed by atoms with Crippen molar-refractivity contribution in [1.29, 1.82) is 0 Å². The standard InChI is InChI=1S/C14H23N5O/c1-3-15-14(20)12-7-8-13(18-17-12)16-11-6-5-9-19(4-2)10-11/h7-8,11H,3-6,9-10H2,1-2H3,(H,15,20)(H,16,18). The van der Waals surface area contributed by atoms with E-state index in [9.17, 15) is 4.79 Å². The predicted octanol–water partition coefficient (Wildman–Crippen LogP) is 1.12. The Balaban J connectivity index is 1.91. The van der Waals surface area contributed by atoms with Crippen molar-refractivity contribution in [1.82, 2.24) is 20.4 Å². The van der Waals surface area contributed by atoms with Gasteiger partial charge >= 0.3 is 0 Å². The zero-order chi connectivity index (χ0) is 14.4. The molecule has 0 saturated carbocycles. The first-order valence-corrected chi connectivity index (χ1v) is 7.33. The van der Waals surface area contributed by atoms with Crippen molar-refractivity contribution in [2.24, 2.45) is 0 Å². The van der Waals surface area contributed by atoms with Gasteiger partial charge in [-0.15, -0.1) is 10.2 Å². The highest BCUT2D eigenvalue weighted by Crippen LogP contribution is 2.14. The minimum absolute atomic E-state index is 0.179. The molecule has 1 atom stereocenters. The van der Waals surface area contributed by atoms with E-state index in [1.165, 1.54) is 13.0 Å². The topological polar surface area (TPSA) is 70.2 Å². The van der Waals surface area contributed by atoms with Crippen molar-refractivity contribution in [3.05, 3.63) is 17.8 Å². The van der Waals surface area contributed by atoms with Crippen LogP contribution in [0.1, 0.15) is 37.2 Å². The van der Waals surface area contributed by atoms with Gasteiger partial charge in [0.25, 0.3) is 5.91 Å². The van der Waals surface area contributed by atoms with Crippen LogP contribution in [0.3, 0.4) is 0 Å². The summed E-state index contributed by atoms with van der Waals surface area (Å²) < 4.78 is 0. The van der Waals surface area contributed by atoms with Gasteiger partial charge in [0.05, 0.1) is 0 Å². The quantitative estimate of drug-likeness (QED) is 0.844. The minimum Gasteiger partial charge on any atom is -0.365 e. The summed E-state index contributed by atoms with van der Waals surface area (Å²) in [5, 5.41) is 14.2. The van der Waals surface area contributed by atoms with Gasteiger partial charge in [-0.3, -0.25) is 4.79 Å². The summed E-state index contributed by atoms with van der Waals surface area (Å²) in [5.41, 5.74) is 0.358. The summed E-state index contributed by atoms with van der Waals surface area (Å²) in [6.45, 7) is 7.95. The molecule has 1 fully saturated rings. The third kappa shape index (κ3) is 3.90. The van der Waals surface area contributed by atoms with Crippen molar-refractivity contribution in [2.75, 3.05) is 31.5 Å². The van der Waals surface area contributed by atoms with E-state index in [4.69, 9.17) is 0 Å². The third-order valence-electron chi connectivity index (χ3n) is 3.54. The van der Waals surface area contributed by atoms with Gasteiger partial charge < -0.3 is 15.5 Å². The fraction of sp³-hybridized carbons (Fsp3) is 0.643. The normalized spacial score (nSPS) is 19.6. The number of nitrogens with zero attached hydrogens (tertiary/aromatic N) is 3. The van der Waals surface area contributed by atoms with Crippen LogP contribution in [0.4, 0.5) is 5.82 Å². The number of carbonyl (C=O) groups is 1. The van der Waals surface area contributed by atoms with Crippen LogP contribution in [0.5, 0.6) is 0 Å². The summed E-state index contributed by atoms with van der Waals surface area (Å²) in [4.78, 5) is 14.0. The Kier molecular flexibility index (Phi) is 5.29. The number of hydrogen-bond acceptors (Lipinski definition) is 5. The van der Waals surface area contributed by atoms with E-state index in [-0.39, 0.29) is 5.91 Å². The molecule has 1 aliphatic rings. The van der Waals surface area contributed by atoms with E-state index in [0.717, 1.165) is 25.3 Å². The third-order valence-corrected chi connectivity index (χ3v) is 3.54. The molecule has 6 heteroatoms. The molecule has 1 unspecified atom stereocenters. The summed E-state index contributed by atoms with van der Waals surface area (Å²) in [6, 6.07) is 3.94. The lowest BCUT2D eigenvalue weighted by atomic mass is 10.1. The minimum atomic E-state index is -0.179. The fourth-order valence-corrected chi connectivity index (χ4v) is 2.45. The van der Waals surface area contributed by atoms with E-state index in [1.807, 2.05) is 13.0 Å². The molecule has 1 aromatic rings. The molecular weight excluding hydrogens is 254 g/mol. The number of aromatic nitrogens is 2. The molecule has 6 nitrogen and oxygen atoms in total. The highest BCUT2D eigenvalue weighted by molar-refractivity contribution is 5.92. The number of piperidine rings is 1. The Morgan fingerprint density at radius 2 is 2.25 bits per heavy atom. The number of anilines is 1. The first-order valence-electron chi connectivity index (χ1n) is 7.33. The smallest absolute Gasteiger partial charge is 0.271 e. The molecule has 1 aromatic heterocycles. The average Bonchev–Trinajstić information content (AvgIpc) is 2.48. The molecule has 0 bridgehead atoms. The van der Waals surface area contributed by atoms with Gasteiger partial charge in [-0.05, 0) is 45.0 Å². The molecule has 0 spiro atoms. The SMILES string of the molecule is CCNC(=O)c1ccc(NC2CCCN(CC)C2)nn1. The Morgan fingerprint density at radius 3 is 2.90 bits per heavy atom. The van der Waals surface area contributed by atoms with Crippen molar-refractivity contribution in [3.8, 4) is 0 Å². The maximum absolute atomic E-state index is 11.6. The first-order chi connectivity index (χ1) is 9.72. The lowest BCUT2D eigenvalue weighted by Crippen LogP contribution is -2.42. The summed E-state index contributed by atoms with van der Waals surface area (Å²) in [6.07, 6.45) is 2.35. The summed E-state index contributed by atoms with van der Waals surface area (Å²) in [5.74, 6) is 0.558. The largest absolute Gasteiger partial charge is 0.365 e. The van der Waals surface area contributed by atoms with Crippen LogP contribution in [0.15, 0.2) is 12.1 Å². The van der Waals surface area contributed by atoms with Crippen LogP contribution in [0, 0.1) is 0 Å². The predicted molar refractivity (Wildman–Crippen MR) is 78.8 cm³/mol. The number of nitrogens with one attached hydrogen (secondary N) is 2. The van der Waals surface area contributed by atoms with E-state index in [1.54, 1.807) is 6.07 Å². The van der Waals surface area contributed by atoms with Crippen LogP contribution in [0.2, 0.25) is 0 Å². The number of likely N-dealkylation sites (tertiary alicyclic amines) is 1. The zero-order valence-corrected chi connectivity index (χ0v) is 12.2. The van der Waals surface area contributed by atoms with Crippen molar-refractivity contribution in [3.63, 3.8) is 0 Å². The van der Waals surface area contributed by atoms with Gasteiger partial charge in [0.1, 0.15) is 5.82 Å². The number of rotatable bonds is 5. The molecule has 20 heavy (non-hydrogen) atoms. The average molecular weight is 277 g/mol. The maximum atomic E-state index is 11.6. The van der Waals surface area contributed by atoms with Gasteiger partial charge in [-0.2, -0.15) is 0 Å². The molecule has 2 rings (SSSR count). The van der Waals surface area contributed by atoms with Crippen LogP contribution in [0.25, 0.3) is 0 Å². The van der Waals surface area contributed by atoms with E-state index in [2.05, 4.69) is 32.7 Å². The molecule has 1 saturated heterocycles. The molecular formula is C14H23N5O. The number of likely N-dealkylation sites (N-methyl/N-ethyl adjacent to an activating group) is 1. The van der Waals surface area contributed by atoms with E-state index < -0.39 is 0 Å². The van der Waals surface area contributed by atoms with Crippen LogP contribution in [-0.2, 0) is 0 Å². The highest BCUT2D eigenvalue weighted by Gasteiger charge is 2.19. The highest BCUT2D eigenvalue weighted by atomic mass is 16.1. The van der Waals surface area contributed by atoms with Crippen LogP contribution < -0.4 is 10.6 Å². The van der Waals surface area contributed by atoms with E-state index in [0.29, 0.717) is 18.3 Å². The number of hydrogen-bond donors (Lipinski definition) is 2. The van der Waals surface area contributed by atoms with Crippen LogP contribution in [-0.4, -0.2) is 53.2 Å². The second-order valence-electron chi connectivity index (χ2n) is 5.04. The molecule has 2 N–H and O–H groups in total. The van der Waals surface area contributed by atoms with E-state index >= 15 is 0 Å². The number of carbonyl (C=O) groups excluding carboxylic acids is 1.